The van der Waals surface area contributed by atoms with Crippen LogP contribution < -0.4 is 5.32 Å². The zero-order valence-electron chi connectivity index (χ0n) is 13.8. The third-order valence-corrected chi connectivity index (χ3v) is 5.81. The predicted molar refractivity (Wildman–Crippen MR) is 87.9 cm³/mol. The molecule has 0 amide bonds. The second kappa shape index (κ2) is 6.70. The number of aromatic nitrogens is 2. The summed E-state index contributed by atoms with van der Waals surface area (Å²) in [6.45, 7) is 2.19. The fraction of sp³-hybridized carbons (Fsp3) is 0.765. The van der Waals surface area contributed by atoms with E-state index >= 15 is 0 Å². The topological polar surface area (TPSA) is 37.8 Å². The molecule has 2 aliphatic rings. The summed E-state index contributed by atoms with van der Waals surface area (Å²) in [4.78, 5) is 7.87. The molecule has 3 unspecified atom stereocenters. The third kappa shape index (κ3) is 3.63. The maximum atomic E-state index is 13.2. The molecule has 3 rings (SSSR count). The molecule has 1 heterocycles. The van der Waals surface area contributed by atoms with E-state index in [0.717, 1.165) is 32.1 Å². The number of alkyl halides is 4. The van der Waals surface area contributed by atoms with Crippen molar-refractivity contribution in [1.29, 1.82) is 0 Å². The number of anilines is 1. The summed E-state index contributed by atoms with van der Waals surface area (Å²) < 4.78 is 39.6. The van der Waals surface area contributed by atoms with Crippen LogP contribution in [0, 0.1) is 11.8 Å². The summed E-state index contributed by atoms with van der Waals surface area (Å²) in [5.74, 6) is 1.11. The molecule has 1 aromatic rings. The van der Waals surface area contributed by atoms with Gasteiger partial charge in [-0.25, -0.2) is 9.97 Å². The number of fused-ring (bicyclic) bond motifs is 2. The fourth-order valence-electron chi connectivity index (χ4n) is 4.50. The van der Waals surface area contributed by atoms with Gasteiger partial charge in [-0.15, -0.1) is 11.6 Å². The van der Waals surface area contributed by atoms with Gasteiger partial charge in [0.1, 0.15) is 0 Å². The van der Waals surface area contributed by atoms with Crippen molar-refractivity contribution < 1.29 is 13.2 Å². The molecule has 1 N–H and O–H groups in total. The van der Waals surface area contributed by atoms with E-state index in [0.29, 0.717) is 11.8 Å². The first-order valence-electron chi connectivity index (χ1n) is 8.62. The summed E-state index contributed by atoms with van der Waals surface area (Å²) in [6, 6.07) is 0. The largest absolute Gasteiger partial charge is 0.433 e. The molecule has 24 heavy (non-hydrogen) atoms. The van der Waals surface area contributed by atoms with E-state index in [1.165, 1.54) is 19.0 Å². The molecule has 7 heteroatoms. The van der Waals surface area contributed by atoms with Crippen LogP contribution in [0.4, 0.5) is 19.1 Å². The Morgan fingerprint density at radius 1 is 1.38 bits per heavy atom. The minimum Gasteiger partial charge on any atom is -0.349 e. The van der Waals surface area contributed by atoms with Gasteiger partial charge < -0.3 is 5.32 Å². The number of hydrogen-bond donors (Lipinski definition) is 1. The average Bonchev–Trinajstić information content (AvgIpc) is 2.53. The Bertz CT molecular complexity index is 593. The molecular weight excluding hydrogens is 339 g/mol. The Kier molecular flexibility index (Phi) is 4.96. The Hall–Kier alpha value is -1.04. The maximum absolute atomic E-state index is 13.2. The molecule has 0 radical (unpaired) electrons. The molecule has 2 bridgehead atoms. The van der Waals surface area contributed by atoms with Crippen LogP contribution in [0.25, 0.3) is 0 Å². The van der Waals surface area contributed by atoms with Gasteiger partial charge in [0.25, 0.3) is 0 Å². The monoisotopic (exact) mass is 361 g/mol. The van der Waals surface area contributed by atoms with E-state index < -0.39 is 11.9 Å². The second-order valence-corrected chi connectivity index (χ2v) is 7.55. The van der Waals surface area contributed by atoms with Crippen LogP contribution in [0.5, 0.6) is 0 Å². The SMILES string of the molecule is CCC1CC2CCCC(Nc3ncc(CCl)c(C(F)(F)F)n3)(C1)C2. The van der Waals surface area contributed by atoms with Crippen molar-refractivity contribution in [3.63, 3.8) is 0 Å². The van der Waals surface area contributed by atoms with Crippen molar-refractivity contribution in [1.82, 2.24) is 9.97 Å². The van der Waals surface area contributed by atoms with Crippen LogP contribution in [-0.4, -0.2) is 15.5 Å². The van der Waals surface area contributed by atoms with Crippen molar-refractivity contribution in [3.05, 3.63) is 17.5 Å². The highest BCUT2D eigenvalue weighted by Gasteiger charge is 2.43. The third-order valence-electron chi connectivity index (χ3n) is 5.52. The molecule has 0 spiro atoms. The smallest absolute Gasteiger partial charge is 0.349 e. The summed E-state index contributed by atoms with van der Waals surface area (Å²) in [5, 5.41) is 3.29. The molecule has 0 aliphatic heterocycles. The van der Waals surface area contributed by atoms with Gasteiger partial charge in [0.15, 0.2) is 5.69 Å². The summed E-state index contributed by atoms with van der Waals surface area (Å²) in [7, 11) is 0. The Balaban J connectivity index is 1.87. The maximum Gasteiger partial charge on any atom is 0.433 e. The molecule has 2 aliphatic carbocycles. The Labute approximate surface area is 145 Å². The first-order valence-corrected chi connectivity index (χ1v) is 9.16. The van der Waals surface area contributed by atoms with Crippen LogP contribution in [0.1, 0.15) is 63.1 Å². The van der Waals surface area contributed by atoms with Crippen LogP contribution in [-0.2, 0) is 12.1 Å². The van der Waals surface area contributed by atoms with Crippen LogP contribution in [0.15, 0.2) is 6.20 Å². The minimum atomic E-state index is -4.52. The first-order chi connectivity index (χ1) is 11.3. The lowest BCUT2D eigenvalue weighted by atomic mass is 9.63. The van der Waals surface area contributed by atoms with Gasteiger partial charge in [-0.2, -0.15) is 13.2 Å². The number of halogens is 4. The zero-order valence-corrected chi connectivity index (χ0v) is 14.6. The summed E-state index contributed by atoms with van der Waals surface area (Å²) in [6.07, 6.45) is 4.33. The Morgan fingerprint density at radius 2 is 2.17 bits per heavy atom. The number of nitrogens with zero attached hydrogens (tertiary/aromatic N) is 2. The lowest BCUT2D eigenvalue weighted by Gasteiger charge is -2.48. The van der Waals surface area contributed by atoms with Crippen LogP contribution in [0.3, 0.4) is 0 Å². The molecular formula is C17H23ClF3N3. The van der Waals surface area contributed by atoms with Gasteiger partial charge in [0, 0.05) is 17.3 Å². The highest BCUT2D eigenvalue weighted by atomic mass is 35.5. The average molecular weight is 362 g/mol. The van der Waals surface area contributed by atoms with Gasteiger partial charge in [0.2, 0.25) is 5.95 Å². The van der Waals surface area contributed by atoms with Crippen molar-refractivity contribution in [2.24, 2.45) is 11.8 Å². The van der Waals surface area contributed by atoms with E-state index in [2.05, 4.69) is 22.2 Å². The summed E-state index contributed by atoms with van der Waals surface area (Å²) >= 11 is 5.60. The molecule has 0 aromatic carbocycles. The van der Waals surface area contributed by atoms with Gasteiger partial charge in [-0.05, 0) is 37.5 Å². The predicted octanol–water partition coefficient (Wildman–Crippen LogP) is 5.40. The highest BCUT2D eigenvalue weighted by Crippen LogP contribution is 2.47. The summed E-state index contributed by atoms with van der Waals surface area (Å²) in [5.41, 5.74) is -1.17. The van der Waals surface area contributed by atoms with Crippen LogP contribution >= 0.6 is 11.6 Å². The lowest BCUT2D eigenvalue weighted by Crippen LogP contribution is -2.48. The number of hydrogen-bond acceptors (Lipinski definition) is 3. The van der Waals surface area contributed by atoms with E-state index in [4.69, 9.17) is 11.6 Å². The Morgan fingerprint density at radius 3 is 2.83 bits per heavy atom. The van der Waals surface area contributed by atoms with Crippen molar-refractivity contribution in [3.8, 4) is 0 Å². The number of nitrogens with one attached hydrogen (secondary N) is 1. The first kappa shape index (κ1) is 17.8. The molecule has 3 nitrogen and oxygen atoms in total. The quantitative estimate of drug-likeness (QED) is 0.730. The molecule has 0 saturated heterocycles. The van der Waals surface area contributed by atoms with E-state index in [1.807, 2.05) is 0 Å². The van der Waals surface area contributed by atoms with E-state index in [-0.39, 0.29) is 22.9 Å². The van der Waals surface area contributed by atoms with Gasteiger partial charge in [-0.1, -0.05) is 26.2 Å². The van der Waals surface area contributed by atoms with E-state index in [9.17, 15) is 13.2 Å². The standard InChI is InChI=1S/C17H23ClF3N3/c1-2-11-6-12-4-3-5-16(7-11,8-12)24-15-22-10-13(9-18)14(23-15)17(19,20)21/h10-12H,2-9H2,1H3,(H,22,23,24). The minimum absolute atomic E-state index is 0.0774. The van der Waals surface area contributed by atoms with Gasteiger partial charge >= 0.3 is 6.18 Å². The number of rotatable bonds is 4. The normalized spacial score (nSPS) is 30.2. The molecule has 1 aromatic heterocycles. The molecule has 2 saturated carbocycles. The van der Waals surface area contributed by atoms with Crippen LogP contribution in [0.2, 0.25) is 0 Å². The van der Waals surface area contributed by atoms with Crippen molar-refractivity contribution in [2.75, 3.05) is 5.32 Å². The molecule has 3 atom stereocenters. The van der Waals surface area contributed by atoms with Crippen molar-refractivity contribution in [2.45, 2.75) is 69.5 Å². The highest BCUT2D eigenvalue weighted by molar-refractivity contribution is 6.17. The fourth-order valence-corrected chi connectivity index (χ4v) is 4.70. The van der Waals surface area contributed by atoms with Gasteiger partial charge in [-0.3, -0.25) is 0 Å². The van der Waals surface area contributed by atoms with E-state index in [1.54, 1.807) is 0 Å². The lowest BCUT2D eigenvalue weighted by molar-refractivity contribution is -0.141. The molecule has 2 fully saturated rings. The van der Waals surface area contributed by atoms with Crippen molar-refractivity contribution >= 4 is 17.5 Å². The van der Waals surface area contributed by atoms with Gasteiger partial charge in [0.05, 0.1) is 5.88 Å². The molecule has 134 valence electrons. The second-order valence-electron chi connectivity index (χ2n) is 7.28. The zero-order chi connectivity index (χ0) is 17.4.